The van der Waals surface area contributed by atoms with E-state index >= 15 is 0 Å². The van der Waals surface area contributed by atoms with E-state index in [-0.39, 0.29) is 22.8 Å². The molecule has 4 heteroatoms. The van der Waals surface area contributed by atoms with Gasteiger partial charge in [-0.25, -0.2) is 9.13 Å². The minimum absolute atomic E-state index is 0. The van der Waals surface area contributed by atoms with Gasteiger partial charge in [0, 0.05) is 5.56 Å². The summed E-state index contributed by atoms with van der Waals surface area (Å²) >= 11 is 0. The average Bonchev–Trinajstić information content (AvgIpc) is 2.87. The van der Waals surface area contributed by atoms with Crippen molar-refractivity contribution in [1.29, 1.82) is 0 Å². The van der Waals surface area contributed by atoms with Gasteiger partial charge in [0.1, 0.15) is 12.4 Å². The maximum Gasteiger partial charge on any atom is 0.244 e. The Bertz CT molecular complexity index is 522. The average molecular weight is 323 g/mol. The third kappa shape index (κ3) is 4.03. The number of halogens is 1. The van der Waals surface area contributed by atoms with Crippen LogP contribution in [0.2, 0.25) is 0 Å². The molecule has 1 aromatic carbocycles. The lowest BCUT2D eigenvalue weighted by atomic mass is 10.1. The molecular weight excluding hydrogens is 304 g/mol. The van der Waals surface area contributed by atoms with E-state index in [1.54, 1.807) is 0 Å². The highest BCUT2D eigenvalue weighted by Crippen LogP contribution is 2.07. The summed E-state index contributed by atoms with van der Waals surface area (Å²) in [6, 6.07) is 9.88. The fraction of sp³-hybridized carbons (Fsp3) is 0.333. The maximum absolute atomic E-state index is 12.0. The number of hydrogen-bond donors (Lipinski definition) is 0. The van der Waals surface area contributed by atoms with E-state index in [0.29, 0.717) is 12.6 Å². The van der Waals surface area contributed by atoms with E-state index in [1.165, 1.54) is 0 Å². The minimum atomic E-state index is 0. The van der Waals surface area contributed by atoms with Crippen molar-refractivity contribution in [2.75, 3.05) is 0 Å². The Balaban J connectivity index is 0.00000180. The molecule has 102 valence electrons. The van der Waals surface area contributed by atoms with E-state index < -0.39 is 0 Å². The van der Waals surface area contributed by atoms with Gasteiger partial charge in [-0.15, -0.1) is 0 Å². The highest BCUT2D eigenvalue weighted by Gasteiger charge is 2.13. The molecule has 0 fully saturated rings. The van der Waals surface area contributed by atoms with Crippen LogP contribution in [0, 0.1) is 0 Å². The van der Waals surface area contributed by atoms with E-state index in [0.717, 1.165) is 12.0 Å². The standard InChI is InChI=1S/C15H19N2O.BrH/c1-3-13(2)17-10-9-16(12-17)11-15(18)14-7-5-4-6-8-14;/h4-10,12-13H,3,11H2,1-2H3;1H/q+1;/p-1. The molecule has 0 spiro atoms. The lowest BCUT2D eigenvalue weighted by Gasteiger charge is -2.02. The number of ketones is 1. The normalized spacial score (nSPS) is 11.7. The molecule has 3 nitrogen and oxygen atoms in total. The summed E-state index contributed by atoms with van der Waals surface area (Å²) in [6.45, 7) is 4.72. The van der Waals surface area contributed by atoms with Gasteiger partial charge in [-0.3, -0.25) is 4.79 Å². The highest BCUT2D eigenvalue weighted by atomic mass is 79.9. The first kappa shape index (κ1) is 15.6. The molecule has 19 heavy (non-hydrogen) atoms. The second-order valence-electron chi connectivity index (χ2n) is 4.58. The molecule has 0 radical (unpaired) electrons. The van der Waals surface area contributed by atoms with Gasteiger partial charge in [0.05, 0.1) is 6.04 Å². The smallest absolute Gasteiger partial charge is 0.244 e. The Morgan fingerprint density at radius 3 is 2.63 bits per heavy atom. The SMILES string of the molecule is CCC(C)n1cc[n+](CC(=O)c2ccccc2)c1.[Br-]. The van der Waals surface area contributed by atoms with Gasteiger partial charge in [-0.05, 0) is 13.3 Å². The van der Waals surface area contributed by atoms with Crippen LogP contribution in [-0.2, 0) is 6.54 Å². The fourth-order valence-corrected chi connectivity index (χ4v) is 1.86. The molecule has 0 aliphatic rings. The molecular formula is C15H19BrN2O. The van der Waals surface area contributed by atoms with Crippen molar-refractivity contribution >= 4 is 5.78 Å². The van der Waals surface area contributed by atoms with Crippen molar-refractivity contribution in [2.24, 2.45) is 0 Å². The molecule has 0 aliphatic carbocycles. The largest absolute Gasteiger partial charge is 1.00 e. The highest BCUT2D eigenvalue weighted by molar-refractivity contribution is 5.94. The number of aromatic nitrogens is 2. The molecule has 1 heterocycles. The number of Topliss-reactive ketones (excluding diaryl/α,β-unsaturated/α-hetero) is 1. The van der Waals surface area contributed by atoms with Crippen LogP contribution in [0.15, 0.2) is 49.1 Å². The zero-order chi connectivity index (χ0) is 13.0. The first-order valence-electron chi connectivity index (χ1n) is 6.35. The van der Waals surface area contributed by atoms with Crippen LogP contribution in [0.25, 0.3) is 0 Å². The first-order valence-corrected chi connectivity index (χ1v) is 6.35. The zero-order valence-corrected chi connectivity index (χ0v) is 12.9. The number of benzene rings is 1. The Morgan fingerprint density at radius 1 is 1.32 bits per heavy atom. The zero-order valence-electron chi connectivity index (χ0n) is 11.3. The van der Waals surface area contributed by atoms with Crippen molar-refractivity contribution in [3.63, 3.8) is 0 Å². The summed E-state index contributed by atoms with van der Waals surface area (Å²) in [7, 11) is 0. The minimum Gasteiger partial charge on any atom is -1.00 e. The molecule has 2 rings (SSSR count). The first-order chi connectivity index (χ1) is 8.70. The van der Waals surface area contributed by atoms with Crippen LogP contribution >= 0.6 is 0 Å². The molecule has 0 bridgehead atoms. The monoisotopic (exact) mass is 322 g/mol. The maximum atomic E-state index is 12.0. The van der Waals surface area contributed by atoms with Gasteiger partial charge in [-0.2, -0.15) is 0 Å². The summed E-state index contributed by atoms with van der Waals surface area (Å²) in [6.07, 6.45) is 7.05. The van der Waals surface area contributed by atoms with Crippen molar-refractivity contribution in [3.8, 4) is 0 Å². The lowest BCUT2D eigenvalue weighted by molar-refractivity contribution is -0.682. The molecule has 1 aromatic heterocycles. The summed E-state index contributed by atoms with van der Waals surface area (Å²) in [4.78, 5) is 12.0. The fourth-order valence-electron chi connectivity index (χ4n) is 1.86. The molecule has 0 saturated carbocycles. The van der Waals surface area contributed by atoms with E-state index in [2.05, 4.69) is 18.4 Å². The van der Waals surface area contributed by atoms with Crippen LogP contribution in [0.1, 0.15) is 36.7 Å². The molecule has 0 saturated heterocycles. The van der Waals surface area contributed by atoms with E-state index in [4.69, 9.17) is 0 Å². The molecule has 1 unspecified atom stereocenters. The van der Waals surface area contributed by atoms with Gasteiger partial charge in [0.2, 0.25) is 12.1 Å². The number of rotatable bonds is 5. The topological polar surface area (TPSA) is 25.9 Å². The van der Waals surface area contributed by atoms with Crippen LogP contribution in [-0.4, -0.2) is 10.4 Å². The predicted octanol–water partition coefficient (Wildman–Crippen LogP) is -0.366. The third-order valence-corrected chi connectivity index (χ3v) is 3.23. The van der Waals surface area contributed by atoms with Crippen molar-refractivity contribution in [3.05, 3.63) is 54.6 Å². The molecule has 0 N–H and O–H groups in total. The summed E-state index contributed by atoms with van der Waals surface area (Å²) in [5.41, 5.74) is 0.765. The molecule has 0 amide bonds. The Hall–Kier alpha value is -1.42. The predicted molar refractivity (Wildman–Crippen MR) is 70.4 cm³/mol. The number of hydrogen-bond acceptors (Lipinski definition) is 1. The number of carbonyl (C=O) groups is 1. The van der Waals surface area contributed by atoms with Crippen LogP contribution in [0.3, 0.4) is 0 Å². The number of imidazole rings is 1. The molecule has 1 atom stereocenters. The van der Waals surface area contributed by atoms with Gasteiger partial charge in [-0.1, -0.05) is 37.3 Å². The van der Waals surface area contributed by atoms with Gasteiger partial charge < -0.3 is 17.0 Å². The third-order valence-electron chi connectivity index (χ3n) is 3.23. The lowest BCUT2D eigenvalue weighted by Crippen LogP contribution is -3.00. The quantitative estimate of drug-likeness (QED) is 0.545. The van der Waals surface area contributed by atoms with Crippen molar-refractivity contribution in [1.82, 2.24) is 4.57 Å². The summed E-state index contributed by atoms with van der Waals surface area (Å²) in [5, 5.41) is 0. The number of carbonyl (C=O) groups excluding carboxylic acids is 1. The van der Waals surface area contributed by atoms with Crippen LogP contribution in [0.4, 0.5) is 0 Å². The van der Waals surface area contributed by atoms with Crippen molar-refractivity contribution < 1.29 is 26.3 Å². The van der Waals surface area contributed by atoms with Gasteiger partial charge in [0.25, 0.3) is 0 Å². The molecule has 2 aromatic rings. The van der Waals surface area contributed by atoms with Crippen LogP contribution < -0.4 is 21.5 Å². The summed E-state index contributed by atoms with van der Waals surface area (Å²) in [5.74, 6) is 0.141. The van der Waals surface area contributed by atoms with Gasteiger partial charge in [0.15, 0.2) is 6.54 Å². The van der Waals surface area contributed by atoms with Crippen molar-refractivity contribution in [2.45, 2.75) is 32.9 Å². The Morgan fingerprint density at radius 2 is 2.00 bits per heavy atom. The number of nitrogens with zero attached hydrogens (tertiary/aromatic N) is 2. The second kappa shape index (κ2) is 7.24. The van der Waals surface area contributed by atoms with E-state index in [1.807, 2.05) is 53.6 Å². The Labute approximate surface area is 124 Å². The van der Waals surface area contributed by atoms with E-state index in [9.17, 15) is 4.79 Å². The van der Waals surface area contributed by atoms with Gasteiger partial charge >= 0.3 is 0 Å². The van der Waals surface area contributed by atoms with Crippen LogP contribution in [0.5, 0.6) is 0 Å². The summed E-state index contributed by atoms with van der Waals surface area (Å²) < 4.78 is 4.07. The second-order valence-corrected chi connectivity index (χ2v) is 4.58. The molecule has 0 aliphatic heterocycles. The Kier molecular flexibility index (Phi) is 5.96.